The average molecular weight is 289 g/mol. The Hall–Kier alpha value is -1.46. The number of hydrogen-bond donors (Lipinski definition) is 1. The van der Waals surface area contributed by atoms with E-state index < -0.39 is 0 Å². The van der Waals surface area contributed by atoms with Gasteiger partial charge >= 0.3 is 0 Å². The molecule has 0 radical (unpaired) electrons. The molecule has 2 saturated heterocycles. The Kier molecular flexibility index (Phi) is 3.95. The highest BCUT2D eigenvalue weighted by Gasteiger charge is 2.36. The molecule has 0 aliphatic carbocycles. The molecular formula is C16H23N3O2. The highest BCUT2D eigenvalue weighted by atomic mass is 16.6. The minimum Gasteiger partial charge on any atom is -0.311 e. The Morgan fingerprint density at radius 1 is 1.24 bits per heavy atom. The van der Waals surface area contributed by atoms with Crippen LogP contribution in [0.2, 0.25) is 0 Å². The number of non-ortho nitro benzene ring substituents is 1. The van der Waals surface area contributed by atoms with E-state index >= 15 is 0 Å². The van der Waals surface area contributed by atoms with Gasteiger partial charge in [0.05, 0.1) is 4.92 Å². The van der Waals surface area contributed by atoms with Gasteiger partial charge in [-0.2, -0.15) is 0 Å². The second kappa shape index (κ2) is 5.73. The maximum Gasteiger partial charge on any atom is 0.269 e. The molecule has 0 amide bonds. The summed E-state index contributed by atoms with van der Waals surface area (Å²) in [6.07, 6.45) is 5.04. The molecule has 2 fully saturated rings. The Labute approximate surface area is 125 Å². The van der Waals surface area contributed by atoms with Crippen LogP contribution in [0.5, 0.6) is 0 Å². The van der Waals surface area contributed by atoms with Crippen LogP contribution in [0.4, 0.5) is 5.69 Å². The van der Waals surface area contributed by atoms with Crippen molar-refractivity contribution in [1.29, 1.82) is 0 Å². The molecule has 21 heavy (non-hydrogen) atoms. The van der Waals surface area contributed by atoms with E-state index in [-0.39, 0.29) is 16.7 Å². The van der Waals surface area contributed by atoms with E-state index in [1.165, 1.54) is 25.7 Å². The van der Waals surface area contributed by atoms with Crippen molar-refractivity contribution >= 4 is 5.69 Å². The van der Waals surface area contributed by atoms with E-state index in [0.29, 0.717) is 18.1 Å². The van der Waals surface area contributed by atoms with Crippen LogP contribution in [0, 0.1) is 10.1 Å². The van der Waals surface area contributed by atoms with Crippen LogP contribution in [0.1, 0.15) is 44.2 Å². The number of piperidine rings is 1. The zero-order valence-electron chi connectivity index (χ0n) is 12.7. The highest BCUT2D eigenvalue weighted by molar-refractivity contribution is 5.34. The molecule has 3 unspecified atom stereocenters. The van der Waals surface area contributed by atoms with Crippen LogP contribution in [-0.2, 0) is 0 Å². The van der Waals surface area contributed by atoms with Gasteiger partial charge < -0.3 is 5.32 Å². The second-order valence-electron chi connectivity index (χ2n) is 6.45. The molecule has 114 valence electrons. The first-order valence-corrected chi connectivity index (χ1v) is 7.77. The van der Waals surface area contributed by atoms with Crippen molar-refractivity contribution in [3.63, 3.8) is 0 Å². The van der Waals surface area contributed by atoms with E-state index in [1.54, 1.807) is 12.1 Å². The van der Waals surface area contributed by atoms with Crippen LogP contribution in [0.3, 0.4) is 0 Å². The number of fused-ring (bicyclic) bond motifs is 2. The third-order valence-electron chi connectivity index (χ3n) is 5.22. The first kappa shape index (κ1) is 14.5. The fourth-order valence-corrected chi connectivity index (χ4v) is 3.79. The van der Waals surface area contributed by atoms with Gasteiger partial charge in [-0.25, -0.2) is 0 Å². The standard InChI is InChI=1S/C16H23N3O2/c1-11(12-3-7-15(8-4-12)19(20)21)18(2)16-9-13-5-6-14(10-16)17-13/h3-4,7-8,11,13-14,16-17H,5-6,9-10H2,1-2H3. The number of nitro benzene ring substituents is 1. The van der Waals surface area contributed by atoms with Gasteiger partial charge in [-0.15, -0.1) is 0 Å². The highest BCUT2D eigenvalue weighted by Crippen LogP contribution is 2.33. The largest absolute Gasteiger partial charge is 0.311 e. The van der Waals surface area contributed by atoms with Crippen LogP contribution in [-0.4, -0.2) is 35.0 Å². The number of hydrogen-bond acceptors (Lipinski definition) is 4. The molecule has 2 aliphatic rings. The van der Waals surface area contributed by atoms with E-state index in [4.69, 9.17) is 0 Å². The van der Waals surface area contributed by atoms with Gasteiger partial charge in [-0.1, -0.05) is 12.1 Å². The number of nitro groups is 1. The molecule has 5 nitrogen and oxygen atoms in total. The summed E-state index contributed by atoms with van der Waals surface area (Å²) in [6, 6.07) is 9.23. The van der Waals surface area contributed by atoms with Gasteiger partial charge in [-0.05, 0) is 45.2 Å². The molecule has 3 atom stereocenters. The second-order valence-corrected chi connectivity index (χ2v) is 6.45. The molecule has 1 aromatic carbocycles. The molecule has 0 spiro atoms. The molecule has 2 aliphatic heterocycles. The summed E-state index contributed by atoms with van der Waals surface area (Å²) in [5, 5.41) is 14.4. The van der Waals surface area contributed by atoms with Crippen molar-refractivity contribution in [2.45, 2.75) is 56.8 Å². The lowest BCUT2D eigenvalue weighted by molar-refractivity contribution is -0.384. The molecular weight excluding hydrogens is 266 g/mol. The fraction of sp³-hybridized carbons (Fsp3) is 0.625. The zero-order chi connectivity index (χ0) is 15.0. The molecule has 3 rings (SSSR count). The van der Waals surface area contributed by atoms with Crippen LogP contribution < -0.4 is 5.32 Å². The minimum absolute atomic E-state index is 0.161. The van der Waals surface area contributed by atoms with Crippen LogP contribution in [0.25, 0.3) is 0 Å². The monoisotopic (exact) mass is 289 g/mol. The fourth-order valence-electron chi connectivity index (χ4n) is 3.79. The summed E-state index contributed by atoms with van der Waals surface area (Å²) < 4.78 is 0. The van der Waals surface area contributed by atoms with Gasteiger partial charge in [0.25, 0.3) is 5.69 Å². The van der Waals surface area contributed by atoms with E-state index in [1.807, 2.05) is 12.1 Å². The quantitative estimate of drug-likeness (QED) is 0.684. The summed E-state index contributed by atoms with van der Waals surface area (Å²) in [7, 11) is 2.18. The predicted molar refractivity (Wildman–Crippen MR) is 82.2 cm³/mol. The SMILES string of the molecule is CC(c1ccc([N+](=O)[O-])cc1)N(C)C1CC2CCC(C1)N2. The Morgan fingerprint density at radius 2 is 1.81 bits per heavy atom. The third-order valence-corrected chi connectivity index (χ3v) is 5.22. The van der Waals surface area contributed by atoms with Crippen molar-refractivity contribution in [3.05, 3.63) is 39.9 Å². The number of nitrogens with one attached hydrogen (secondary N) is 1. The van der Waals surface area contributed by atoms with E-state index in [2.05, 4.69) is 24.2 Å². The topological polar surface area (TPSA) is 58.4 Å². The molecule has 2 bridgehead atoms. The Balaban J connectivity index is 1.69. The van der Waals surface area contributed by atoms with Gasteiger partial charge in [-0.3, -0.25) is 15.0 Å². The van der Waals surface area contributed by atoms with Crippen molar-refractivity contribution in [1.82, 2.24) is 10.2 Å². The van der Waals surface area contributed by atoms with Crippen LogP contribution >= 0.6 is 0 Å². The zero-order valence-corrected chi connectivity index (χ0v) is 12.7. The van der Waals surface area contributed by atoms with E-state index in [9.17, 15) is 10.1 Å². The van der Waals surface area contributed by atoms with Crippen molar-refractivity contribution in [2.24, 2.45) is 0 Å². The summed E-state index contributed by atoms with van der Waals surface area (Å²) in [6.45, 7) is 2.19. The normalized spacial score (nSPS) is 29.6. The molecule has 1 N–H and O–H groups in total. The maximum atomic E-state index is 10.7. The lowest BCUT2D eigenvalue weighted by Gasteiger charge is -2.39. The lowest BCUT2D eigenvalue weighted by Crippen LogP contribution is -2.47. The minimum atomic E-state index is -0.345. The number of nitrogens with zero attached hydrogens (tertiary/aromatic N) is 2. The average Bonchev–Trinajstić information content (AvgIpc) is 2.84. The first-order chi connectivity index (χ1) is 10.0. The lowest BCUT2D eigenvalue weighted by atomic mass is 9.96. The third kappa shape index (κ3) is 2.94. The summed E-state index contributed by atoms with van der Waals surface area (Å²) in [5.41, 5.74) is 1.31. The first-order valence-electron chi connectivity index (χ1n) is 7.77. The smallest absolute Gasteiger partial charge is 0.269 e. The Bertz CT molecular complexity index is 505. The molecule has 0 aromatic heterocycles. The summed E-state index contributed by atoms with van der Waals surface area (Å²) >= 11 is 0. The number of benzene rings is 1. The van der Waals surface area contributed by atoms with Gasteiger partial charge in [0.2, 0.25) is 0 Å². The molecule has 2 heterocycles. The molecule has 1 aromatic rings. The van der Waals surface area contributed by atoms with Gasteiger partial charge in [0.15, 0.2) is 0 Å². The summed E-state index contributed by atoms with van der Waals surface area (Å²) in [5.74, 6) is 0. The van der Waals surface area contributed by atoms with Crippen LogP contribution in [0.15, 0.2) is 24.3 Å². The number of rotatable bonds is 4. The Morgan fingerprint density at radius 3 is 2.33 bits per heavy atom. The van der Waals surface area contributed by atoms with E-state index in [0.717, 1.165) is 5.56 Å². The van der Waals surface area contributed by atoms with Crippen molar-refractivity contribution in [3.8, 4) is 0 Å². The molecule has 0 saturated carbocycles. The predicted octanol–water partition coefficient (Wildman–Crippen LogP) is 2.87. The van der Waals surface area contributed by atoms with Crippen molar-refractivity contribution < 1.29 is 4.92 Å². The van der Waals surface area contributed by atoms with Crippen molar-refractivity contribution in [2.75, 3.05) is 7.05 Å². The van der Waals surface area contributed by atoms with Gasteiger partial charge in [0.1, 0.15) is 0 Å². The maximum absolute atomic E-state index is 10.7. The summed E-state index contributed by atoms with van der Waals surface area (Å²) in [4.78, 5) is 12.8. The molecule has 5 heteroatoms. The van der Waals surface area contributed by atoms with Gasteiger partial charge in [0, 0.05) is 36.3 Å².